The third-order valence-corrected chi connectivity index (χ3v) is 2.86. The van der Waals surface area contributed by atoms with Gasteiger partial charge in [0, 0.05) is 12.6 Å². The van der Waals surface area contributed by atoms with Crippen molar-refractivity contribution in [2.24, 2.45) is 17.6 Å². The van der Waals surface area contributed by atoms with Crippen molar-refractivity contribution in [3.05, 3.63) is 28.3 Å². The molecule has 0 aliphatic carbocycles. The Labute approximate surface area is 110 Å². The Bertz CT molecular complexity index is 488. The van der Waals surface area contributed by atoms with Gasteiger partial charge in [-0.1, -0.05) is 19.9 Å². The van der Waals surface area contributed by atoms with E-state index in [-0.39, 0.29) is 29.6 Å². The molecule has 0 aromatic heterocycles. The van der Waals surface area contributed by atoms with Gasteiger partial charge >= 0.3 is 0 Å². The molecule has 0 heterocycles. The molecule has 4 N–H and O–H groups in total. The molecule has 1 aromatic carbocycles. The number of rotatable bonds is 5. The number of nitrogens with one attached hydrogen (secondary N) is 1. The smallest absolute Gasteiger partial charge is 0.296 e. The Hall–Kier alpha value is -2.15. The highest BCUT2D eigenvalue weighted by atomic mass is 16.6. The fourth-order valence-electron chi connectivity index (χ4n) is 1.71. The molecule has 1 rings (SSSR count). The average Bonchev–Trinajstić information content (AvgIpc) is 2.31. The maximum atomic E-state index is 12.0. The quantitative estimate of drug-likeness (QED) is 0.424. The van der Waals surface area contributed by atoms with Crippen LogP contribution < -0.4 is 11.1 Å². The van der Waals surface area contributed by atoms with E-state index in [0.29, 0.717) is 0 Å². The number of carbonyl (C=O) groups excluding carboxylic acids is 1. The largest absolute Gasteiger partial charge is 0.505 e. The number of para-hydroxylation sites is 1. The van der Waals surface area contributed by atoms with Crippen LogP contribution in [0, 0.1) is 22.0 Å². The number of nitrogens with two attached hydrogens (primary N) is 1. The number of hydrogen-bond donors (Lipinski definition) is 3. The van der Waals surface area contributed by atoms with E-state index >= 15 is 0 Å². The third-order valence-electron chi connectivity index (χ3n) is 2.86. The van der Waals surface area contributed by atoms with E-state index in [1.54, 1.807) is 0 Å². The van der Waals surface area contributed by atoms with Crippen molar-refractivity contribution in [3.63, 3.8) is 0 Å². The summed E-state index contributed by atoms with van der Waals surface area (Å²) < 4.78 is 0. The summed E-state index contributed by atoms with van der Waals surface area (Å²) in [6, 6.07) is 3.82. The summed E-state index contributed by atoms with van der Waals surface area (Å²) in [4.78, 5) is 22.2. The van der Waals surface area contributed by atoms with E-state index in [4.69, 9.17) is 5.73 Å². The lowest BCUT2D eigenvalue weighted by molar-refractivity contribution is -0.384. The Morgan fingerprint density at radius 1 is 1.53 bits per heavy atom. The van der Waals surface area contributed by atoms with Crippen LogP contribution in [0.3, 0.4) is 0 Å². The normalized spacial score (nSPS) is 12.2. The molecule has 0 aliphatic rings. The van der Waals surface area contributed by atoms with Crippen LogP contribution in [0.1, 0.15) is 13.8 Å². The fraction of sp³-hybridized carbons (Fsp3) is 0.417. The van der Waals surface area contributed by atoms with Crippen molar-refractivity contribution in [2.75, 3.05) is 11.9 Å². The van der Waals surface area contributed by atoms with Gasteiger partial charge in [0.1, 0.15) is 5.75 Å². The van der Waals surface area contributed by atoms with Gasteiger partial charge in [-0.2, -0.15) is 0 Å². The van der Waals surface area contributed by atoms with Crippen molar-refractivity contribution in [3.8, 4) is 5.75 Å². The zero-order valence-corrected chi connectivity index (χ0v) is 10.8. The molecule has 0 saturated heterocycles. The number of anilines is 1. The lowest BCUT2D eigenvalue weighted by Crippen LogP contribution is -2.33. The molecule has 1 atom stereocenters. The van der Waals surface area contributed by atoms with Crippen LogP contribution in [0.4, 0.5) is 11.4 Å². The van der Waals surface area contributed by atoms with Crippen LogP contribution in [-0.4, -0.2) is 22.5 Å². The molecule has 1 aromatic rings. The molecule has 0 radical (unpaired) electrons. The number of nitro benzene ring substituents is 1. The molecular weight excluding hydrogens is 250 g/mol. The minimum Gasteiger partial charge on any atom is -0.505 e. The Balaban J connectivity index is 3.05. The van der Waals surface area contributed by atoms with Crippen molar-refractivity contribution < 1.29 is 14.8 Å². The standard InChI is InChI=1S/C12H17N3O4/c1-7(2)8(6-13)12(17)14-11-9(15(18)19)4-3-5-10(11)16/h3-5,7-8,16H,6,13H2,1-2H3,(H,14,17). The molecule has 0 fully saturated rings. The number of nitro groups is 1. The molecule has 19 heavy (non-hydrogen) atoms. The topological polar surface area (TPSA) is 118 Å². The summed E-state index contributed by atoms with van der Waals surface area (Å²) in [5.41, 5.74) is 4.96. The molecule has 0 bridgehead atoms. The summed E-state index contributed by atoms with van der Waals surface area (Å²) in [5, 5.41) is 22.9. The highest BCUT2D eigenvalue weighted by Crippen LogP contribution is 2.33. The van der Waals surface area contributed by atoms with Gasteiger partial charge in [0.05, 0.1) is 10.8 Å². The maximum Gasteiger partial charge on any atom is 0.296 e. The zero-order chi connectivity index (χ0) is 14.6. The van der Waals surface area contributed by atoms with E-state index in [1.165, 1.54) is 18.2 Å². The van der Waals surface area contributed by atoms with E-state index in [9.17, 15) is 20.0 Å². The van der Waals surface area contributed by atoms with Crippen LogP contribution in [0.5, 0.6) is 5.75 Å². The fourth-order valence-corrected chi connectivity index (χ4v) is 1.71. The monoisotopic (exact) mass is 267 g/mol. The number of amides is 1. The van der Waals surface area contributed by atoms with Crippen molar-refractivity contribution in [2.45, 2.75) is 13.8 Å². The number of nitrogens with zero attached hydrogens (tertiary/aromatic N) is 1. The number of aromatic hydroxyl groups is 1. The zero-order valence-electron chi connectivity index (χ0n) is 10.8. The minimum atomic E-state index is -0.665. The molecule has 0 spiro atoms. The van der Waals surface area contributed by atoms with Crippen molar-refractivity contribution >= 4 is 17.3 Å². The number of phenols is 1. The minimum absolute atomic E-state index is 0.00471. The van der Waals surface area contributed by atoms with Crippen LogP contribution >= 0.6 is 0 Å². The number of carbonyl (C=O) groups is 1. The van der Waals surface area contributed by atoms with E-state index < -0.39 is 16.7 Å². The maximum absolute atomic E-state index is 12.0. The predicted octanol–water partition coefficient (Wildman–Crippen LogP) is 1.47. The summed E-state index contributed by atoms with van der Waals surface area (Å²) in [6.45, 7) is 3.79. The van der Waals surface area contributed by atoms with Crippen LogP contribution in [0.2, 0.25) is 0 Å². The van der Waals surface area contributed by atoms with Gasteiger partial charge in [-0.3, -0.25) is 14.9 Å². The molecule has 0 aliphatic heterocycles. The molecule has 1 unspecified atom stereocenters. The van der Waals surface area contributed by atoms with Gasteiger partial charge in [0.15, 0.2) is 5.69 Å². The molecule has 7 nitrogen and oxygen atoms in total. The van der Waals surface area contributed by atoms with Crippen LogP contribution in [0.15, 0.2) is 18.2 Å². The highest BCUT2D eigenvalue weighted by Gasteiger charge is 2.25. The van der Waals surface area contributed by atoms with Crippen LogP contribution in [-0.2, 0) is 4.79 Å². The van der Waals surface area contributed by atoms with Gasteiger partial charge < -0.3 is 16.2 Å². The second-order valence-corrected chi connectivity index (χ2v) is 4.50. The molecule has 7 heteroatoms. The lowest BCUT2D eigenvalue weighted by Gasteiger charge is -2.18. The highest BCUT2D eigenvalue weighted by molar-refractivity contribution is 5.96. The van der Waals surface area contributed by atoms with Gasteiger partial charge in [-0.25, -0.2) is 0 Å². The SMILES string of the molecule is CC(C)C(CN)C(=O)Nc1c(O)cccc1[N+](=O)[O-]. The first-order valence-electron chi connectivity index (χ1n) is 5.85. The average molecular weight is 267 g/mol. The second kappa shape index (κ2) is 6.14. The van der Waals surface area contributed by atoms with Gasteiger partial charge in [-0.15, -0.1) is 0 Å². The Morgan fingerprint density at radius 2 is 2.16 bits per heavy atom. The summed E-state index contributed by atoms with van der Waals surface area (Å²) >= 11 is 0. The summed E-state index contributed by atoms with van der Waals surface area (Å²) in [5.74, 6) is -1.27. The third kappa shape index (κ3) is 3.41. The van der Waals surface area contributed by atoms with Gasteiger partial charge in [0.2, 0.25) is 5.91 Å². The van der Waals surface area contributed by atoms with Gasteiger partial charge in [-0.05, 0) is 12.0 Å². The van der Waals surface area contributed by atoms with E-state index in [0.717, 1.165) is 0 Å². The van der Waals surface area contributed by atoms with Crippen molar-refractivity contribution in [1.29, 1.82) is 0 Å². The first-order chi connectivity index (χ1) is 8.88. The molecule has 104 valence electrons. The molecule has 1 amide bonds. The Morgan fingerprint density at radius 3 is 2.63 bits per heavy atom. The lowest BCUT2D eigenvalue weighted by atomic mass is 9.95. The predicted molar refractivity (Wildman–Crippen MR) is 70.8 cm³/mol. The Kier molecular flexibility index (Phi) is 4.82. The summed E-state index contributed by atoms with van der Waals surface area (Å²) in [7, 11) is 0. The second-order valence-electron chi connectivity index (χ2n) is 4.50. The van der Waals surface area contributed by atoms with Gasteiger partial charge in [0.25, 0.3) is 5.69 Å². The number of hydrogen-bond acceptors (Lipinski definition) is 5. The number of benzene rings is 1. The molecular formula is C12H17N3O4. The van der Waals surface area contributed by atoms with E-state index in [2.05, 4.69) is 5.32 Å². The number of phenolic OH excluding ortho intramolecular Hbond substituents is 1. The van der Waals surface area contributed by atoms with E-state index in [1.807, 2.05) is 13.8 Å². The first kappa shape index (κ1) is 14.9. The van der Waals surface area contributed by atoms with Crippen LogP contribution in [0.25, 0.3) is 0 Å². The summed E-state index contributed by atoms with van der Waals surface area (Å²) in [6.07, 6.45) is 0. The van der Waals surface area contributed by atoms with Crippen molar-refractivity contribution in [1.82, 2.24) is 0 Å². The molecule has 0 saturated carbocycles. The first-order valence-corrected chi connectivity index (χ1v) is 5.85.